The molecule has 2 aromatic rings. The Morgan fingerprint density at radius 1 is 1.00 bits per heavy atom. The third kappa shape index (κ3) is 5.71. The number of carbonyl (C=O) groups excluding carboxylic acids is 2. The summed E-state index contributed by atoms with van der Waals surface area (Å²) in [6.45, 7) is 5.24. The normalized spacial score (nSPS) is 10.2. The Labute approximate surface area is 139 Å². The van der Waals surface area contributed by atoms with Gasteiger partial charge in [0.1, 0.15) is 0 Å². The van der Waals surface area contributed by atoms with Crippen molar-refractivity contribution in [3.63, 3.8) is 0 Å². The highest BCUT2D eigenvalue weighted by Crippen LogP contribution is 2.16. The first-order valence-electron chi connectivity index (χ1n) is 7.05. The Morgan fingerprint density at radius 3 is 2.04 bits per heavy atom. The molecular weight excluding hydrogens is 312 g/mol. The predicted octanol–water partition coefficient (Wildman–Crippen LogP) is 2.78. The van der Waals surface area contributed by atoms with E-state index in [-0.39, 0.29) is 17.6 Å². The standard InChI is InChI=1S/C16H18N4O2S/c1-10-8-11(2)18-16(17-10)23-9-15(22)20-14-6-4-13(5-7-14)19-12(3)21/h4-8H,9H2,1-3H3,(H,19,21)(H,20,22). The molecule has 120 valence electrons. The number of hydrogen-bond acceptors (Lipinski definition) is 5. The van der Waals surface area contributed by atoms with E-state index in [9.17, 15) is 9.59 Å². The molecule has 0 saturated carbocycles. The second-order valence-electron chi connectivity index (χ2n) is 5.03. The van der Waals surface area contributed by atoms with Crippen molar-refractivity contribution in [1.82, 2.24) is 9.97 Å². The molecule has 0 radical (unpaired) electrons. The molecule has 0 unspecified atom stereocenters. The van der Waals surface area contributed by atoms with E-state index in [4.69, 9.17) is 0 Å². The van der Waals surface area contributed by atoms with Gasteiger partial charge >= 0.3 is 0 Å². The van der Waals surface area contributed by atoms with Gasteiger partial charge in [0.2, 0.25) is 11.8 Å². The molecule has 6 nitrogen and oxygen atoms in total. The van der Waals surface area contributed by atoms with Gasteiger partial charge in [-0.05, 0) is 44.2 Å². The number of carbonyl (C=O) groups is 2. The van der Waals surface area contributed by atoms with E-state index in [1.807, 2.05) is 19.9 Å². The molecule has 2 rings (SSSR count). The topological polar surface area (TPSA) is 84.0 Å². The van der Waals surface area contributed by atoms with Gasteiger partial charge in [-0.1, -0.05) is 11.8 Å². The van der Waals surface area contributed by atoms with Gasteiger partial charge in [0, 0.05) is 29.7 Å². The first-order chi connectivity index (χ1) is 10.9. The van der Waals surface area contributed by atoms with Crippen molar-refractivity contribution in [2.45, 2.75) is 25.9 Å². The molecule has 2 amide bonds. The van der Waals surface area contributed by atoms with E-state index < -0.39 is 0 Å². The number of thioether (sulfide) groups is 1. The molecule has 2 N–H and O–H groups in total. The van der Waals surface area contributed by atoms with E-state index in [0.717, 1.165) is 11.4 Å². The van der Waals surface area contributed by atoms with Crippen LogP contribution in [0.15, 0.2) is 35.5 Å². The molecule has 0 fully saturated rings. The summed E-state index contributed by atoms with van der Waals surface area (Å²) in [7, 11) is 0. The van der Waals surface area contributed by atoms with Gasteiger partial charge in [0.05, 0.1) is 5.75 Å². The van der Waals surface area contributed by atoms with Gasteiger partial charge in [-0.15, -0.1) is 0 Å². The summed E-state index contributed by atoms with van der Waals surface area (Å²) >= 11 is 1.30. The van der Waals surface area contributed by atoms with Crippen molar-refractivity contribution in [3.8, 4) is 0 Å². The van der Waals surface area contributed by atoms with Gasteiger partial charge in [-0.25, -0.2) is 9.97 Å². The lowest BCUT2D eigenvalue weighted by Crippen LogP contribution is -2.14. The molecule has 1 aromatic heterocycles. The largest absolute Gasteiger partial charge is 0.326 e. The maximum Gasteiger partial charge on any atom is 0.234 e. The fraction of sp³-hybridized carbons (Fsp3) is 0.250. The van der Waals surface area contributed by atoms with Crippen molar-refractivity contribution in [3.05, 3.63) is 41.7 Å². The number of hydrogen-bond donors (Lipinski definition) is 2. The molecular formula is C16H18N4O2S. The fourth-order valence-electron chi connectivity index (χ4n) is 1.93. The first-order valence-corrected chi connectivity index (χ1v) is 8.03. The quantitative estimate of drug-likeness (QED) is 0.650. The van der Waals surface area contributed by atoms with Crippen LogP contribution in [0.2, 0.25) is 0 Å². The van der Waals surface area contributed by atoms with Crippen molar-refractivity contribution in [2.75, 3.05) is 16.4 Å². The van der Waals surface area contributed by atoms with E-state index in [1.54, 1.807) is 24.3 Å². The minimum absolute atomic E-state index is 0.133. The Hall–Kier alpha value is -2.41. The highest BCUT2D eigenvalue weighted by molar-refractivity contribution is 7.99. The number of nitrogens with zero attached hydrogens (tertiary/aromatic N) is 2. The zero-order valence-electron chi connectivity index (χ0n) is 13.2. The number of aryl methyl sites for hydroxylation is 2. The summed E-state index contributed by atoms with van der Waals surface area (Å²) in [5.74, 6) is -0.0345. The third-order valence-electron chi connectivity index (χ3n) is 2.78. The van der Waals surface area contributed by atoms with Crippen LogP contribution in [0.1, 0.15) is 18.3 Å². The smallest absolute Gasteiger partial charge is 0.234 e. The summed E-state index contributed by atoms with van der Waals surface area (Å²) < 4.78 is 0. The van der Waals surface area contributed by atoms with Gasteiger partial charge in [-0.2, -0.15) is 0 Å². The van der Waals surface area contributed by atoms with E-state index in [2.05, 4.69) is 20.6 Å². The van der Waals surface area contributed by atoms with Crippen LogP contribution in [0.4, 0.5) is 11.4 Å². The average molecular weight is 330 g/mol. The summed E-state index contributed by atoms with van der Waals surface area (Å²) in [5.41, 5.74) is 3.13. The Kier molecular flexibility index (Phi) is 5.70. The molecule has 0 aliphatic carbocycles. The molecule has 0 spiro atoms. The fourth-order valence-corrected chi connectivity index (χ4v) is 2.67. The highest BCUT2D eigenvalue weighted by atomic mass is 32.2. The highest BCUT2D eigenvalue weighted by Gasteiger charge is 2.07. The lowest BCUT2D eigenvalue weighted by Gasteiger charge is -2.07. The van der Waals surface area contributed by atoms with Crippen molar-refractivity contribution in [2.24, 2.45) is 0 Å². The zero-order valence-corrected chi connectivity index (χ0v) is 14.0. The van der Waals surface area contributed by atoms with Crippen molar-refractivity contribution in [1.29, 1.82) is 0 Å². The maximum atomic E-state index is 12.0. The van der Waals surface area contributed by atoms with E-state index in [1.165, 1.54) is 18.7 Å². The number of amides is 2. The van der Waals surface area contributed by atoms with Crippen molar-refractivity contribution < 1.29 is 9.59 Å². The first kappa shape index (κ1) is 17.0. The molecule has 0 aliphatic heterocycles. The Morgan fingerprint density at radius 2 is 1.52 bits per heavy atom. The number of rotatable bonds is 5. The van der Waals surface area contributed by atoms with Crippen LogP contribution in [0.25, 0.3) is 0 Å². The van der Waals surface area contributed by atoms with Crippen LogP contribution in [0.5, 0.6) is 0 Å². The summed E-state index contributed by atoms with van der Waals surface area (Å²) in [6, 6.07) is 8.83. The summed E-state index contributed by atoms with van der Waals surface area (Å²) in [6.07, 6.45) is 0. The van der Waals surface area contributed by atoms with E-state index in [0.29, 0.717) is 16.5 Å². The van der Waals surface area contributed by atoms with Crippen LogP contribution < -0.4 is 10.6 Å². The molecule has 7 heteroatoms. The minimum Gasteiger partial charge on any atom is -0.326 e. The number of aromatic nitrogens is 2. The second kappa shape index (κ2) is 7.73. The van der Waals surface area contributed by atoms with Gasteiger partial charge in [0.25, 0.3) is 0 Å². The summed E-state index contributed by atoms with van der Waals surface area (Å²) in [4.78, 5) is 31.5. The Balaban J connectivity index is 1.88. The minimum atomic E-state index is -0.134. The Bertz CT molecular complexity index is 696. The van der Waals surface area contributed by atoms with Crippen LogP contribution in [0.3, 0.4) is 0 Å². The molecule has 1 aromatic carbocycles. The molecule has 0 atom stereocenters. The maximum absolute atomic E-state index is 12.0. The molecule has 1 heterocycles. The van der Waals surface area contributed by atoms with Crippen LogP contribution in [0, 0.1) is 13.8 Å². The predicted molar refractivity (Wildman–Crippen MR) is 91.6 cm³/mol. The van der Waals surface area contributed by atoms with Crippen molar-refractivity contribution >= 4 is 35.0 Å². The third-order valence-corrected chi connectivity index (χ3v) is 3.63. The van der Waals surface area contributed by atoms with Crippen LogP contribution in [-0.4, -0.2) is 27.5 Å². The lowest BCUT2D eigenvalue weighted by atomic mass is 10.3. The van der Waals surface area contributed by atoms with Crippen LogP contribution in [-0.2, 0) is 9.59 Å². The molecule has 0 saturated heterocycles. The van der Waals surface area contributed by atoms with Gasteiger partial charge < -0.3 is 10.6 Å². The van der Waals surface area contributed by atoms with E-state index >= 15 is 0 Å². The number of benzene rings is 1. The van der Waals surface area contributed by atoms with Gasteiger partial charge in [0.15, 0.2) is 5.16 Å². The second-order valence-corrected chi connectivity index (χ2v) is 5.97. The molecule has 0 aliphatic rings. The van der Waals surface area contributed by atoms with Crippen LogP contribution >= 0.6 is 11.8 Å². The lowest BCUT2D eigenvalue weighted by molar-refractivity contribution is -0.114. The zero-order chi connectivity index (χ0) is 16.8. The number of nitrogens with one attached hydrogen (secondary N) is 2. The molecule has 0 bridgehead atoms. The molecule has 23 heavy (non-hydrogen) atoms. The summed E-state index contributed by atoms with van der Waals surface area (Å²) in [5, 5.41) is 6.06. The van der Waals surface area contributed by atoms with Gasteiger partial charge in [-0.3, -0.25) is 9.59 Å². The monoisotopic (exact) mass is 330 g/mol. The average Bonchev–Trinajstić information content (AvgIpc) is 2.46. The SMILES string of the molecule is CC(=O)Nc1ccc(NC(=O)CSc2nc(C)cc(C)n2)cc1. The number of anilines is 2.